The standard InChI is InChI=1S/C34H34BNO6/c1-36-33(38)28-19-25(21-41-27-13-6-3-7-14-27)31-29(32(28)34(36)39)20-35(40)42-30(31)16-15-24(23-10-4-2-5-11-23)17-22-9-8-12-26(37)18-22/h2-14,17-18,28-30,32,37,40H,15-16,19-21H2,1H3/b24-17-/t28-,29+,30-,32-/m1/s1. The highest BCUT2D eigenvalue weighted by Crippen LogP contribution is 2.50. The first-order valence-corrected chi connectivity index (χ1v) is 14.5. The van der Waals surface area contributed by atoms with Crippen molar-refractivity contribution in [3.8, 4) is 11.5 Å². The smallest absolute Gasteiger partial charge is 0.455 e. The first kappa shape index (κ1) is 28.0. The van der Waals surface area contributed by atoms with Gasteiger partial charge in [0.2, 0.25) is 11.8 Å². The minimum absolute atomic E-state index is 0.167. The molecule has 2 heterocycles. The molecule has 42 heavy (non-hydrogen) atoms. The second kappa shape index (κ2) is 12.0. The van der Waals surface area contributed by atoms with Crippen molar-refractivity contribution in [3.05, 3.63) is 107 Å². The molecule has 2 fully saturated rings. The van der Waals surface area contributed by atoms with Gasteiger partial charge < -0.3 is 19.5 Å². The van der Waals surface area contributed by atoms with E-state index in [1.807, 2.05) is 60.7 Å². The Morgan fingerprint density at radius 2 is 1.74 bits per heavy atom. The van der Waals surface area contributed by atoms with Gasteiger partial charge in [0.05, 0.1) is 17.9 Å². The van der Waals surface area contributed by atoms with Gasteiger partial charge in [-0.25, -0.2) is 0 Å². The molecule has 0 spiro atoms. The van der Waals surface area contributed by atoms with Gasteiger partial charge in [-0.1, -0.05) is 66.7 Å². The van der Waals surface area contributed by atoms with E-state index in [0.717, 1.165) is 33.6 Å². The summed E-state index contributed by atoms with van der Waals surface area (Å²) in [6.07, 6.45) is 3.50. The lowest BCUT2D eigenvalue weighted by Crippen LogP contribution is -2.46. The Balaban J connectivity index is 1.34. The zero-order valence-corrected chi connectivity index (χ0v) is 23.6. The number of carbonyl (C=O) groups excluding carboxylic acids is 2. The molecule has 6 rings (SSSR count). The number of benzene rings is 3. The Labute approximate surface area is 246 Å². The third-order valence-electron chi connectivity index (χ3n) is 8.72. The molecule has 1 aliphatic carbocycles. The maximum atomic E-state index is 13.3. The van der Waals surface area contributed by atoms with Crippen LogP contribution in [0.15, 0.2) is 96.1 Å². The monoisotopic (exact) mass is 563 g/mol. The number of fused-ring (bicyclic) bond motifs is 3. The predicted molar refractivity (Wildman–Crippen MR) is 161 cm³/mol. The van der Waals surface area contributed by atoms with Crippen LogP contribution in [-0.2, 0) is 14.2 Å². The van der Waals surface area contributed by atoms with Crippen molar-refractivity contribution in [2.24, 2.45) is 17.8 Å². The summed E-state index contributed by atoms with van der Waals surface area (Å²) < 4.78 is 12.4. The highest BCUT2D eigenvalue weighted by Gasteiger charge is 2.56. The number of nitrogens with zero attached hydrogens (tertiary/aromatic N) is 1. The van der Waals surface area contributed by atoms with Crippen LogP contribution < -0.4 is 4.74 Å². The summed E-state index contributed by atoms with van der Waals surface area (Å²) in [7, 11) is 0.511. The lowest BCUT2D eigenvalue weighted by atomic mass is 9.58. The van der Waals surface area contributed by atoms with Gasteiger partial charge in [0, 0.05) is 7.05 Å². The van der Waals surface area contributed by atoms with Crippen LogP contribution in [-0.4, -0.2) is 53.7 Å². The second-order valence-electron chi connectivity index (χ2n) is 11.3. The van der Waals surface area contributed by atoms with Crippen molar-refractivity contribution >= 4 is 30.6 Å². The molecule has 0 radical (unpaired) electrons. The molecule has 2 saturated heterocycles. The normalized spacial score (nSPS) is 24.1. The number of hydrogen-bond donors (Lipinski definition) is 2. The van der Waals surface area contributed by atoms with Gasteiger partial charge in [0.25, 0.3) is 0 Å². The van der Waals surface area contributed by atoms with Crippen molar-refractivity contribution in [2.45, 2.75) is 31.7 Å². The highest BCUT2D eigenvalue weighted by atomic mass is 16.5. The van der Waals surface area contributed by atoms with Crippen LogP contribution in [0.25, 0.3) is 11.6 Å². The Bertz CT molecular complexity index is 1520. The van der Waals surface area contributed by atoms with Crippen LogP contribution in [0.4, 0.5) is 0 Å². The fourth-order valence-electron chi connectivity index (χ4n) is 6.80. The van der Waals surface area contributed by atoms with Gasteiger partial charge >= 0.3 is 7.12 Å². The van der Waals surface area contributed by atoms with Crippen LogP contribution in [0.1, 0.15) is 30.4 Å². The third kappa shape index (κ3) is 5.65. The Hall–Kier alpha value is -4.14. The van der Waals surface area contributed by atoms with Crippen LogP contribution in [0, 0.1) is 17.8 Å². The van der Waals surface area contributed by atoms with Gasteiger partial charge in [0.15, 0.2) is 0 Å². The average Bonchev–Trinajstić information content (AvgIpc) is 3.22. The molecule has 3 aliphatic rings. The summed E-state index contributed by atoms with van der Waals surface area (Å²) in [4.78, 5) is 27.6. The third-order valence-corrected chi connectivity index (χ3v) is 8.72. The van der Waals surface area contributed by atoms with E-state index < -0.39 is 25.1 Å². The molecule has 8 heteroatoms. The van der Waals surface area contributed by atoms with Crippen molar-refractivity contribution < 1.29 is 29.1 Å². The van der Waals surface area contributed by atoms with E-state index in [1.165, 1.54) is 4.90 Å². The van der Waals surface area contributed by atoms with Gasteiger partial charge in [-0.05, 0) is 83.6 Å². The van der Waals surface area contributed by atoms with Crippen molar-refractivity contribution in [2.75, 3.05) is 13.7 Å². The number of likely N-dealkylation sites (tertiary alicyclic amines) is 1. The van der Waals surface area contributed by atoms with Crippen molar-refractivity contribution in [3.63, 3.8) is 0 Å². The van der Waals surface area contributed by atoms with E-state index >= 15 is 0 Å². The molecule has 0 unspecified atom stereocenters. The van der Waals surface area contributed by atoms with Crippen LogP contribution in [0.5, 0.6) is 11.5 Å². The number of phenols is 1. The summed E-state index contributed by atoms with van der Waals surface area (Å²) in [5.41, 5.74) is 4.95. The van der Waals surface area contributed by atoms with Gasteiger partial charge in [-0.3, -0.25) is 14.5 Å². The number of aromatic hydroxyl groups is 1. The number of allylic oxidation sites excluding steroid dienone is 1. The topological polar surface area (TPSA) is 96.3 Å². The lowest BCUT2D eigenvalue weighted by Gasteiger charge is -2.43. The van der Waals surface area contributed by atoms with E-state index in [-0.39, 0.29) is 36.4 Å². The lowest BCUT2D eigenvalue weighted by molar-refractivity contribution is -0.138. The van der Waals surface area contributed by atoms with E-state index in [9.17, 15) is 19.7 Å². The largest absolute Gasteiger partial charge is 0.508 e. The molecule has 0 bridgehead atoms. The number of rotatable bonds is 8. The SMILES string of the molecule is CN1C(=O)[C@@H]2[C@@H](CC(COc3ccccc3)=C3[C@@H](CC/C(=C/c4cccc(O)c4)c4ccccc4)OB(O)C[C@@H]32)C1=O. The predicted octanol–water partition coefficient (Wildman–Crippen LogP) is 5.22. The molecule has 2 aliphatic heterocycles. The molecule has 4 atom stereocenters. The highest BCUT2D eigenvalue weighted by molar-refractivity contribution is 6.43. The summed E-state index contributed by atoms with van der Waals surface area (Å²) in [6.45, 7) is 0.283. The van der Waals surface area contributed by atoms with Crippen molar-refractivity contribution in [1.29, 1.82) is 0 Å². The maximum Gasteiger partial charge on any atom is 0.455 e. The summed E-state index contributed by atoms with van der Waals surface area (Å²) >= 11 is 0. The van der Waals surface area contributed by atoms with Gasteiger partial charge in [-0.15, -0.1) is 0 Å². The quantitative estimate of drug-likeness (QED) is 0.169. The minimum Gasteiger partial charge on any atom is -0.508 e. The number of phenolic OH excluding ortho intramolecular Hbond substituents is 1. The van der Waals surface area contributed by atoms with Gasteiger partial charge in [-0.2, -0.15) is 0 Å². The molecule has 0 saturated carbocycles. The maximum absolute atomic E-state index is 13.3. The number of amides is 2. The fraction of sp³-hybridized carbons (Fsp3) is 0.294. The molecule has 0 aromatic heterocycles. The molecule has 2 N–H and O–H groups in total. The first-order valence-electron chi connectivity index (χ1n) is 14.5. The Kier molecular flexibility index (Phi) is 8.00. The molecular weight excluding hydrogens is 529 g/mol. The van der Waals surface area contributed by atoms with E-state index in [1.54, 1.807) is 19.2 Å². The number of imide groups is 1. The molecule has 214 valence electrons. The minimum atomic E-state index is -1.04. The number of ether oxygens (including phenoxy) is 1. The zero-order chi connectivity index (χ0) is 29.2. The molecule has 3 aromatic rings. The summed E-state index contributed by atoms with van der Waals surface area (Å²) in [5, 5.41) is 20.9. The second-order valence-corrected chi connectivity index (χ2v) is 11.3. The molecule has 7 nitrogen and oxygen atoms in total. The molecular formula is C34H34BNO6. The van der Waals surface area contributed by atoms with Crippen LogP contribution >= 0.6 is 0 Å². The molecule has 2 amide bonds. The molecule has 3 aromatic carbocycles. The number of carbonyl (C=O) groups is 2. The first-order chi connectivity index (χ1) is 20.4. The van der Waals surface area contributed by atoms with Crippen molar-refractivity contribution in [1.82, 2.24) is 4.90 Å². The fourth-order valence-corrected chi connectivity index (χ4v) is 6.80. The van der Waals surface area contributed by atoms with Crippen LogP contribution in [0.2, 0.25) is 6.32 Å². The summed E-state index contributed by atoms with van der Waals surface area (Å²) in [6, 6.07) is 26.7. The Morgan fingerprint density at radius 1 is 1.00 bits per heavy atom. The van der Waals surface area contributed by atoms with Crippen LogP contribution in [0.3, 0.4) is 0 Å². The average molecular weight is 563 g/mol. The number of para-hydroxylation sites is 1. The number of hydrogen-bond acceptors (Lipinski definition) is 6. The van der Waals surface area contributed by atoms with Gasteiger partial charge in [0.1, 0.15) is 18.1 Å². The van der Waals surface area contributed by atoms with E-state index in [0.29, 0.717) is 19.3 Å². The van der Waals surface area contributed by atoms with E-state index in [4.69, 9.17) is 9.39 Å². The zero-order valence-electron chi connectivity index (χ0n) is 23.6. The van der Waals surface area contributed by atoms with E-state index in [2.05, 4.69) is 18.2 Å². The summed E-state index contributed by atoms with van der Waals surface area (Å²) in [5.74, 6) is -0.690. The Morgan fingerprint density at radius 3 is 2.48 bits per heavy atom.